The monoisotopic (exact) mass is 2110 g/mol. The van der Waals surface area contributed by atoms with E-state index in [0.29, 0.717) is 141 Å². The van der Waals surface area contributed by atoms with Crippen molar-refractivity contribution in [3.63, 3.8) is 0 Å². The van der Waals surface area contributed by atoms with Gasteiger partial charge < -0.3 is 82.4 Å². The first-order valence-corrected chi connectivity index (χ1v) is 50.4. The van der Waals surface area contributed by atoms with E-state index in [9.17, 15) is 58.5 Å². The van der Waals surface area contributed by atoms with Crippen molar-refractivity contribution in [2.75, 3.05) is 30.3 Å². The van der Waals surface area contributed by atoms with Gasteiger partial charge in [-0.2, -0.15) is 5.26 Å². The second kappa shape index (κ2) is 57.2. The number of Topliss-reactive ketones (excluding diaryl/α,β-unsaturated/α-hetero) is 1. The lowest BCUT2D eigenvalue weighted by Crippen LogP contribution is -2.54. The number of carboxylic acid groups (broad SMARTS) is 2. The smallest absolute Gasteiger partial charge is 0.407 e. The molecule has 3 aromatic carbocycles. The average Bonchev–Trinajstić information content (AvgIpc) is 1.75. The number of aliphatic carboxylic acids is 2. The van der Waals surface area contributed by atoms with Crippen LogP contribution in [0.1, 0.15) is 260 Å². The molecule has 5 aliphatic carbocycles. The highest BCUT2D eigenvalue weighted by molar-refractivity contribution is 6.41. The Morgan fingerprint density at radius 2 is 0.811 bits per heavy atom. The maximum Gasteiger partial charge on any atom is 0.407 e. The molecule has 8 aliphatic rings. The molecule has 39 heteroatoms. The minimum Gasteiger partial charge on any atom is -0.481 e. The molecule has 3 fully saturated rings. The van der Waals surface area contributed by atoms with Crippen LogP contribution in [0.15, 0.2) is 146 Å². The van der Waals surface area contributed by atoms with Gasteiger partial charge in [0.2, 0.25) is 17.7 Å². The number of benzene rings is 3. The predicted molar refractivity (Wildman–Crippen MR) is 550 cm³/mol. The van der Waals surface area contributed by atoms with Crippen molar-refractivity contribution < 1.29 is 83.0 Å². The van der Waals surface area contributed by atoms with Crippen LogP contribution in [0.3, 0.4) is 0 Å². The van der Waals surface area contributed by atoms with E-state index in [0.717, 1.165) is 139 Å². The minimum atomic E-state index is -1.73. The van der Waals surface area contributed by atoms with E-state index in [1.807, 2.05) is 70.3 Å². The lowest BCUT2D eigenvalue weighted by Gasteiger charge is -2.37. The van der Waals surface area contributed by atoms with Gasteiger partial charge in [-0.25, -0.2) is 14.4 Å². The number of alkyl carbamates (subject to hydrolysis) is 2. The molecule has 8 aromatic rings. The summed E-state index contributed by atoms with van der Waals surface area (Å²) in [7, 11) is 0. The lowest BCUT2D eigenvalue weighted by atomic mass is 9.74. The number of nitrogens with zero attached hydrogens (tertiary/aromatic N) is 8. The van der Waals surface area contributed by atoms with Gasteiger partial charge in [-0.3, -0.25) is 58.5 Å². The number of nitrogens with one attached hydrogen (secondary N) is 6. The number of aliphatic hydroxyl groups is 3. The number of hydrogen-bond acceptors (Lipinski definition) is 23. The molecule has 8 heterocycles. The summed E-state index contributed by atoms with van der Waals surface area (Å²) in [5.41, 5.74) is 12.1. The highest BCUT2D eigenvalue weighted by atomic mass is 35.5. The van der Waals surface area contributed by atoms with Crippen LogP contribution < -0.4 is 37.6 Å². The maximum atomic E-state index is 13.6. The van der Waals surface area contributed by atoms with Gasteiger partial charge in [-0.05, 0) is 295 Å². The van der Waals surface area contributed by atoms with E-state index >= 15 is 0 Å². The molecule has 4 unspecified atom stereocenters. The number of aryl methyl sites for hydroxylation is 5. The third kappa shape index (κ3) is 35.0. The van der Waals surface area contributed by atoms with Crippen LogP contribution in [0.2, 0.25) is 15.1 Å². The number of aromatic nitrogens is 5. The molecule has 7 amide bonds. The van der Waals surface area contributed by atoms with Crippen LogP contribution in [0.5, 0.6) is 0 Å². The first-order chi connectivity index (χ1) is 67.5. The van der Waals surface area contributed by atoms with Gasteiger partial charge in [-0.15, -0.1) is 46.4 Å². The third-order valence-electron chi connectivity index (χ3n) is 24.5. The third-order valence-corrected chi connectivity index (χ3v) is 25.2. The molecule has 3 aliphatic heterocycles. The van der Waals surface area contributed by atoms with Crippen molar-refractivity contribution in [2.45, 2.75) is 288 Å². The Labute approximate surface area is 871 Å². The number of hydrogen-bond donors (Lipinski definition) is 12. The Morgan fingerprint density at radius 1 is 0.469 bits per heavy atom. The van der Waals surface area contributed by atoms with Gasteiger partial charge in [0.15, 0.2) is 22.6 Å². The number of pyridine rings is 5. The Morgan fingerprint density at radius 3 is 1.19 bits per heavy atom. The second-order valence-corrected chi connectivity index (χ2v) is 39.9. The summed E-state index contributed by atoms with van der Waals surface area (Å²) in [5, 5.41) is 77.8. The Balaban J connectivity index is 0.000000238. The zero-order valence-electron chi connectivity index (χ0n) is 81.2. The molecule has 774 valence electrons. The fourth-order valence-corrected chi connectivity index (χ4v) is 18.3. The van der Waals surface area contributed by atoms with Crippen molar-refractivity contribution >= 4 is 141 Å². The molecular weight excluding hydrogens is 1980 g/mol. The number of nitriles is 1. The number of carboxylic acids is 2. The van der Waals surface area contributed by atoms with Gasteiger partial charge in [0, 0.05) is 157 Å². The summed E-state index contributed by atoms with van der Waals surface area (Å²) in [6.45, 7) is 17.3. The Bertz CT molecular complexity index is 5680. The number of carbonyl (C=O) groups excluding carboxylic acids is 8. The number of ketones is 1. The maximum absolute atomic E-state index is 13.6. The zero-order chi connectivity index (χ0) is 104. The topological polar surface area (TPSA) is 483 Å². The minimum absolute atomic E-state index is 0. The molecule has 5 aromatic heterocycles. The van der Waals surface area contributed by atoms with Crippen LogP contribution >= 0.6 is 81.2 Å². The fourth-order valence-electron chi connectivity index (χ4n) is 17.7. The van der Waals surface area contributed by atoms with Gasteiger partial charge in [-0.1, -0.05) is 84.7 Å². The number of halogens is 7. The summed E-state index contributed by atoms with van der Waals surface area (Å²) in [6, 6.07) is 34.9. The Kier molecular flexibility index (Phi) is 47.7. The number of carbonyl (C=O) groups is 10. The van der Waals surface area contributed by atoms with Crippen molar-refractivity contribution in [2.24, 2.45) is 5.73 Å². The highest BCUT2D eigenvalue weighted by Crippen LogP contribution is 2.42. The van der Waals surface area contributed by atoms with Gasteiger partial charge in [0.25, 0.3) is 17.8 Å². The molecule has 32 nitrogen and oxygen atoms in total. The standard InChI is InChI=1S/C28H35ClN4O5.C23H27ClN4O3.C18H26ClN3O3.C11H12N2.C10H11NO3.C9H9NO.C2H4O2.2CH2Cl2.CH4/c1-27(2,3)38-26(36)32-16-18-10-11-20(29)15-19(18)17-31-24(34)23-9-6-14-33(23)25(35)28(37)12-4-8-22-21(28)7-5-13-30-22;24-17-8-7-15(13-25)16(12-17)14-27-21(29)20-6-3-11-28(20)22(30)23(31)9-1-5-19-18(23)4-2-10-26-19;1-18(2,3)25-17(24)22-10-12-6-7-14(19)9-13(12)11-21-16(23)15-5-4-8-20-15;1-11(8-12)6-2-5-10-9(11)4-3-7-13-10;12-9(13)10(14)5-1-4-8-7(10)3-2-6-11-8;11-9-5-1-4-8-7(9)3-2-6-10-8;1-2(3)4;2*2-1-3;/h5,7,10-11,13,15,23,37H,4,6,8-9,12,14,16-17H2,1-3H3,(H,31,34)(H,32,36);2,4,7-8,10,12,20,31H,1,3,5-6,9,11,13-14,25H2,(H,27,29);6-7,9,15,20H,4-5,8,10-11H2,1-3H3,(H,21,23)(H,22,24);3-4,7H,2,5-6H2,1H3;2-3,6,14H,1,4-5H2,(H,12,13);2-3,6H,1,4-5H2;1H3,(H,3,4);2*1H2;1H4/t23-,28?;20-,23?;15-;;;;;;;/m000......./s1. The summed E-state index contributed by atoms with van der Waals surface area (Å²) >= 11 is 37.4. The van der Waals surface area contributed by atoms with Gasteiger partial charge in [0.05, 0.1) is 33.9 Å². The summed E-state index contributed by atoms with van der Waals surface area (Å²) in [5.74, 6) is -3.18. The molecule has 0 radical (unpaired) electrons. The molecule has 13 N–H and O–H groups in total. The van der Waals surface area contributed by atoms with Crippen molar-refractivity contribution in [3.05, 3.63) is 251 Å². The molecular formula is C104H132Cl7N15O17. The average molecular weight is 2110 g/mol. The second-order valence-electron chi connectivity index (χ2n) is 37.0. The highest BCUT2D eigenvalue weighted by Gasteiger charge is 2.51. The van der Waals surface area contributed by atoms with Crippen LogP contribution in [0.25, 0.3) is 0 Å². The fraction of sp³-hybridized carbons (Fsp3) is 0.481. The van der Waals surface area contributed by atoms with Crippen molar-refractivity contribution in [1.29, 1.82) is 5.26 Å². The van der Waals surface area contributed by atoms with Crippen LogP contribution in [-0.4, -0.2) is 179 Å². The number of fused-ring (bicyclic) bond motifs is 5. The van der Waals surface area contributed by atoms with Crippen molar-refractivity contribution in [1.82, 2.24) is 66.6 Å². The molecule has 7 atom stereocenters. The quantitative estimate of drug-likeness (QED) is 0.0377. The van der Waals surface area contributed by atoms with E-state index < -0.39 is 76.0 Å². The summed E-state index contributed by atoms with van der Waals surface area (Å²) in [4.78, 5) is 145. The van der Waals surface area contributed by atoms with Crippen molar-refractivity contribution in [3.8, 4) is 6.07 Å². The largest absolute Gasteiger partial charge is 0.481 e. The first-order valence-electron chi connectivity index (χ1n) is 47.1. The first kappa shape index (κ1) is 119. The summed E-state index contributed by atoms with van der Waals surface area (Å²) in [6.07, 6.45) is 22.5. The molecule has 143 heavy (non-hydrogen) atoms. The van der Waals surface area contributed by atoms with E-state index in [4.69, 9.17) is 117 Å². The van der Waals surface area contributed by atoms with Gasteiger partial charge in [0.1, 0.15) is 23.3 Å². The number of amides is 7. The van der Waals surface area contributed by atoms with Crippen LogP contribution in [0.4, 0.5) is 9.59 Å². The lowest BCUT2D eigenvalue weighted by molar-refractivity contribution is -0.161. The van der Waals surface area contributed by atoms with E-state index in [-0.39, 0.29) is 79.1 Å². The molecule has 0 saturated carbocycles. The zero-order valence-corrected chi connectivity index (χ0v) is 86.4. The van der Waals surface area contributed by atoms with Crippen LogP contribution in [-0.2, 0) is 137 Å². The van der Waals surface area contributed by atoms with E-state index in [1.165, 1.54) is 9.80 Å². The number of likely N-dealkylation sites (tertiary alicyclic amines) is 2. The normalized spacial score (nSPS) is 20.1. The van der Waals surface area contributed by atoms with Gasteiger partial charge >= 0.3 is 18.2 Å². The molecule has 16 rings (SSSR count). The number of rotatable bonds is 17. The Hall–Kier alpha value is -10.8. The molecule has 0 spiro atoms. The van der Waals surface area contributed by atoms with E-state index in [2.05, 4.69) is 62.9 Å². The number of alkyl halides is 4. The number of ether oxygens (including phenoxy) is 2. The summed E-state index contributed by atoms with van der Waals surface area (Å²) < 4.78 is 10.5. The van der Waals surface area contributed by atoms with Crippen LogP contribution in [0, 0.1) is 11.3 Å². The molecule has 0 bridgehead atoms. The number of nitrogens with two attached hydrogens (primary N) is 1. The SMILES string of the molecule is C.CC(=O)O.CC(C)(C)OC(=O)NCc1ccc(Cl)cc1CNC(=O)[C@@H]1CCCN1.CC(C)(C)OC(=O)NCc1ccc(Cl)cc1CNC(=O)[C@@H]1CCCN1C(=O)C1(O)CCCc2ncccc21.CC1(C#N)CCCc2ncccc21.ClCCl.ClCCl.NCc1ccc(Cl)cc1CNC(=O)[C@@H]1CCCN1C(=O)C1(O)CCCc2ncccc21.O=C(O)C1(O)CCCc2ncccc21.O=C1CCCc2ncccc21. The predicted octanol–water partition coefficient (Wildman–Crippen LogP) is 16.4. The van der Waals surface area contributed by atoms with E-state index in [1.54, 1.807) is 124 Å². The molecule has 3 saturated heterocycles.